The average molecular weight is 303 g/mol. The number of hydrogen-bond acceptors (Lipinski definition) is 6. The quantitative estimate of drug-likeness (QED) is 0.918. The number of fused-ring (bicyclic) bond motifs is 1. The van der Waals surface area contributed by atoms with Crippen LogP contribution in [0.3, 0.4) is 0 Å². The number of hydrogen-bond donors (Lipinski definition) is 1. The number of carboxylic acid groups (broad SMARTS) is 1. The fraction of sp³-hybridized carbons (Fsp3) is 0.400. The van der Waals surface area contributed by atoms with Gasteiger partial charge in [0.1, 0.15) is 18.4 Å². The van der Waals surface area contributed by atoms with Crippen molar-refractivity contribution in [2.75, 3.05) is 13.2 Å². The lowest BCUT2D eigenvalue weighted by molar-refractivity contribution is -0.143. The number of rotatable bonds is 4. The van der Waals surface area contributed by atoms with Crippen molar-refractivity contribution in [1.29, 1.82) is 0 Å². The third-order valence-electron chi connectivity index (χ3n) is 3.61. The van der Waals surface area contributed by atoms with Gasteiger partial charge in [0, 0.05) is 18.5 Å². The summed E-state index contributed by atoms with van der Waals surface area (Å²) in [6.45, 7) is 3.09. The molecule has 7 nitrogen and oxygen atoms in total. The summed E-state index contributed by atoms with van der Waals surface area (Å²) in [7, 11) is 0. The molecule has 1 aromatic heterocycles. The van der Waals surface area contributed by atoms with Gasteiger partial charge in [-0.1, -0.05) is 30.3 Å². The molecule has 0 saturated carbocycles. The van der Waals surface area contributed by atoms with E-state index in [-0.39, 0.29) is 6.54 Å². The molecule has 0 amide bonds. The van der Waals surface area contributed by atoms with Crippen molar-refractivity contribution >= 4 is 5.97 Å². The van der Waals surface area contributed by atoms with Gasteiger partial charge < -0.3 is 14.4 Å². The Bertz CT molecular complexity index is 670. The third-order valence-corrected chi connectivity index (χ3v) is 3.61. The molecule has 2 heterocycles. The molecule has 0 aliphatic carbocycles. The Morgan fingerprint density at radius 1 is 1.45 bits per heavy atom. The summed E-state index contributed by atoms with van der Waals surface area (Å²) in [5.41, 5.74) is 0.641. The Morgan fingerprint density at radius 3 is 3.00 bits per heavy atom. The minimum absolute atomic E-state index is 0.279. The molecule has 1 aliphatic heterocycles. The molecule has 3 rings (SSSR count). The number of aliphatic carboxylic acids is 1. The molecule has 1 unspecified atom stereocenters. The molecule has 1 N–H and O–H groups in total. The zero-order valence-electron chi connectivity index (χ0n) is 12.2. The standard InChI is InChI=1S/C15H17N3O4/c1-2-12-16-13(22-17-12)9-18-7-8-21-11-6-4-3-5-10(11)14(18)15(19)20/h3-6,14H,2,7-9H2,1H3,(H,19,20). The molecule has 0 bridgehead atoms. The number of para-hydroxylation sites is 1. The maximum Gasteiger partial charge on any atom is 0.325 e. The molecule has 0 fully saturated rings. The second-order valence-electron chi connectivity index (χ2n) is 5.06. The SMILES string of the molecule is CCc1noc(CN2CCOc3ccccc3C2C(=O)O)n1. The number of carboxylic acids is 1. The summed E-state index contributed by atoms with van der Waals surface area (Å²) < 4.78 is 10.8. The minimum atomic E-state index is -0.923. The van der Waals surface area contributed by atoms with Crippen LogP contribution in [0.25, 0.3) is 0 Å². The van der Waals surface area contributed by atoms with Crippen LogP contribution >= 0.6 is 0 Å². The number of carbonyl (C=O) groups is 1. The zero-order chi connectivity index (χ0) is 15.5. The Balaban J connectivity index is 1.90. The molecule has 1 aliphatic rings. The average Bonchev–Trinajstić information content (AvgIpc) is 2.87. The van der Waals surface area contributed by atoms with Crippen LogP contribution in [-0.4, -0.2) is 39.3 Å². The van der Waals surface area contributed by atoms with Crippen LogP contribution in [0.5, 0.6) is 5.75 Å². The van der Waals surface area contributed by atoms with E-state index in [9.17, 15) is 9.90 Å². The van der Waals surface area contributed by atoms with Gasteiger partial charge in [-0.15, -0.1) is 0 Å². The predicted molar refractivity (Wildman–Crippen MR) is 76.4 cm³/mol. The van der Waals surface area contributed by atoms with E-state index in [0.29, 0.717) is 42.6 Å². The highest BCUT2D eigenvalue weighted by molar-refractivity contribution is 5.76. The van der Waals surface area contributed by atoms with Gasteiger partial charge in [0.15, 0.2) is 5.82 Å². The van der Waals surface area contributed by atoms with E-state index in [1.165, 1.54) is 0 Å². The van der Waals surface area contributed by atoms with E-state index in [1.54, 1.807) is 17.0 Å². The highest BCUT2D eigenvalue weighted by Gasteiger charge is 2.33. The number of nitrogens with zero attached hydrogens (tertiary/aromatic N) is 3. The molecule has 22 heavy (non-hydrogen) atoms. The van der Waals surface area contributed by atoms with Crippen molar-refractivity contribution in [1.82, 2.24) is 15.0 Å². The van der Waals surface area contributed by atoms with Crippen LogP contribution < -0.4 is 4.74 Å². The van der Waals surface area contributed by atoms with E-state index in [0.717, 1.165) is 0 Å². The fourth-order valence-electron chi connectivity index (χ4n) is 2.57. The Morgan fingerprint density at radius 2 is 2.27 bits per heavy atom. The van der Waals surface area contributed by atoms with Gasteiger partial charge in [0.2, 0.25) is 5.89 Å². The van der Waals surface area contributed by atoms with Crippen LogP contribution in [0.2, 0.25) is 0 Å². The largest absolute Gasteiger partial charge is 0.492 e. The lowest BCUT2D eigenvalue weighted by atomic mass is 10.0. The summed E-state index contributed by atoms with van der Waals surface area (Å²) in [4.78, 5) is 17.8. The summed E-state index contributed by atoms with van der Waals surface area (Å²) in [6, 6.07) is 6.41. The van der Waals surface area contributed by atoms with Crippen LogP contribution in [0, 0.1) is 0 Å². The molecular formula is C15H17N3O4. The van der Waals surface area contributed by atoms with Crippen molar-refractivity contribution in [2.24, 2.45) is 0 Å². The number of aromatic nitrogens is 2. The van der Waals surface area contributed by atoms with Crippen LogP contribution in [0.4, 0.5) is 0 Å². The molecule has 1 atom stereocenters. The van der Waals surface area contributed by atoms with Crippen molar-refractivity contribution in [3.8, 4) is 5.75 Å². The molecule has 0 saturated heterocycles. The Kier molecular flexibility index (Phi) is 4.06. The monoisotopic (exact) mass is 303 g/mol. The van der Waals surface area contributed by atoms with Gasteiger partial charge in [0.05, 0.1) is 6.54 Å². The number of ether oxygens (including phenoxy) is 1. The predicted octanol–water partition coefficient (Wildman–Crippen LogP) is 1.65. The lowest BCUT2D eigenvalue weighted by Gasteiger charge is -2.24. The highest BCUT2D eigenvalue weighted by atomic mass is 16.5. The number of benzene rings is 1. The normalized spacial score (nSPS) is 18.3. The van der Waals surface area contributed by atoms with Crippen LogP contribution in [0.15, 0.2) is 28.8 Å². The highest BCUT2D eigenvalue weighted by Crippen LogP contribution is 2.32. The van der Waals surface area contributed by atoms with E-state index < -0.39 is 12.0 Å². The summed E-state index contributed by atoms with van der Waals surface area (Å²) in [5, 5.41) is 13.5. The van der Waals surface area contributed by atoms with Gasteiger partial charge >= 0.3 is 5.97 Å². The van der Waals surface area contributed by atoms with E-state index in [2.05, 4.69) is 10.1 Å². The van der Waals surface area contributed by atoms with Gasteiger partial charge in [-0.05, 0) is 6.07 Å². The molecule has 1 aromatic carbocycles. The van der Waals surface area contributed by atoms with E-state index >= 15 is 0 Å². The fourth-order valence-corrected chi connectivity index (χ4v) is 2.57. The van der Waals surface area contributed by atoms with Crippen LogP contribution in [0.1, 0.15) is 30.2 Å². The second kappa shape index (κ2) is 6.15. The molecule has 2 aromatic rings. The summed E-state index contributed by atoms with van der Waals surface area (Å²) in [5.74, 6) is 0.723. The van der Waals surface area contributed by atoms with Gasteiger partial charge in [-0.3, -0.25) is 9.69 Å². The maximum absolute atomic E-state index is 11.8. The molecule has 7 heteroatoms. The first-order valence-corrected chi connectivity index (χ1v) is 7.19. The van der Waals surface area contributed by atoms with E-state index in [4.69, 9.17) is 9.26 Å². The Hall–Kier alpha value is -2.41. The Labute approximate surface area is 127 Å². The maximum atomic E-state index is 11.8. The van der Waals surface area contributed by atoms with Crippen molar-refractivity contribution < 1.29 is 19.2 Å². The zero-order valence-corrected chi connectivity index (χ0v) is 12.2. The lowest BCUT2D eigenvalue weighted by Crippen LogP contribution is -2.34. The molecular weight excluding hydrogens is 286 g/mol. The first-order valence-electron chi connectivity index (χ1n) is 7.19. The molecule has 0 radical (unpaired) electrons. The van der Waals surface area contributed by atoms with E-state index in [1.807, 2.05) is 19.1 Å². The smallest absolute Gasteiger partial charge is 0.325 e. The molecule has 116 valence electrons. The minimum Gasteiger partial charge on any atom is -0.492 e. The van der Waals surface area contributed by atoms with Crippen molar-refractivity contribution in [3.05, 3.63) is 41.5 Å². The first kappa shape index (κ1) is 14.5. The first-order chi connectivity index (χ1) is 10.7. The summed E-state index contributed by atoms with van der Waals surface area (Å²) in [6.07, 6.45) is 0.678. The van der Waals surface area contributed by atoms with Gasteiger partial charge in [-0.2, -0.15) is 4.98 Å². The molecule has 0 spiro atoms. The van der Waals surface area contributed by atoms with Crippen molar-refractivity contribution in [3.63, 3.8) is 0 Å². The second-order valence-corrected chi connectivity index (χ2v) is 5.06. The van der Waals surface area contributed by atoms with Gasteiger partial charge in [-0.25, -0.2) is 0 Å². The topological polar surface area (TPSA) is 88.7 Å². The van der Waals surface area contributed by atoms with Crippen molar-refractivity contribution in [2.45, 2.75) is 25.9 Å². The number of aryl methyl sites for hydroxylation is 1. The van der Waals surface area contributed by atoms with Gasteiger partial charge in [0.25, 0.3) is 0 Å². The third kappa shape index (κ3) is 2.80. The summed E-state index contributed by atoms with van der Waals surface area (Å²) >= 11 is 0. The van der Waals surface area contributed by atoms with Crippen LogP contribution in [-0.2, 0) is 17.8 Å².